The van der Waals surface area contributed by atoms with Gasteiger partial charge in [0.15, 0.2) is 0 Å². The summed E-state index contributed by atoms with van der Waals surface area (Å²) < 4.78 is 10.9. The second-order valence-electron chi connectivity index (χ2n) is 4.53. The first-order valence-corrected chi connectivity index (χ1v) is 6.67. The van der Waals surface area contributed by atoms with E-state index in [0.29, 0.717) is 6.61 Å². The van der Waals surface area contributed by atoms with Gasteiger partial charge in [-0.05, 0) is 23.3 Å². The van der Waals surface area contributed by atoms with E-state index in [-0.39, 0.29) is 0 Å². The van der Waals surface area contributed by atoms with E-state index in [1.807, 2.05) is 18.2 Å². The molecular weight excluding hydrogens is 238 g/mol. The molecule has 0 bridgehead atoms. The quantitative estimate of drug-likeness (QED) is 0.828. The maximum absolute atomic E-state index is 5.66. The van der Waals surface area contributed by atoms with Gasteiger partial charge in [0.25, 0.3) is 0 Å². The third-order valence-electron chi connectivity index (χ3n) is 3.10. The predicted molar refractivity (Wildman–Crippen MR) is 75.8 cm³/mol. The Hall–Kier alpha value is -1.58. The van der Waals surface area contributed by atoms with Crippen LogP contribution in [0.2, 0.25) is 0 Å². The molecule has 3 nitrogen and oxygen atoms in total. The molecule has 1 aromatic heterocycles. The van der Waals surface area contributed by atoms with E-state index in [4.69, 9.17) is 9.15 Å². The molecule has 0 atom stereocenters. The molecule has 0 saturated heterocycles. The summed E-state index contributed by atoms with van der Waals surface area (Å²) in [7, 11) is 1.72. The van der Waals surface area contributed by atoms with Gasteiger partial charge in [-0.2, -0.15) is 0 Å². The highest BCUT2D eigenvalue weighted by atomic mass is 16.5. The van der Waals surface area contributed by atoms with Crippen LogP contribution in [0.15, 0.2) is 40.8 Å². The number of rotatable bonds is 7. The maximum Gasteiger partial charge on any atom is 0.117 e. The molecule has 0 aliphatic heterocycles. The van der Waals surface area contributed by atoms with Crippen LogP contribution in [0.25, 0.3) is 0 Å². The number of aryl methyl sites for hydroxylation is 1. The number of methoxy groups -OCH3 is 1. The molecule has 0 saturated carbocycles. The number of nitrogens with one attached hydrogen (secondary N) is 1. The lowest BCUT2D eigenvalue weighted by atomic mass is 10.1. The van der Waals surface area contributed by atoms with Crippen LogP contribution in [0.3, 0.4) is 0 Å². The van der Waals surface area contributed by atoms with Gasteiger partial charge in [0.1, 0.15) is 11.5 Å². The Labute approximate surface area is 114 Å². The van der Waals surface area contributed by atoms with E-state index in [1.54, 1.807) is 7.11 Å². The largest absolute Gasteiger partial charge is 0.465 e. The summed E-state index contributed by atoms with van der Waals surface area (Å²) >= 11 is 0. The maximum atomic E-state index is 5.66. The van der Waals surface area contributed by atoms with Crippen molar-refractivity contribution in [3.63, 3.8) is 0 Å². The molecule has 1 N–H and O–H groups in total. The number of hydrogen-bond acceptors (Lipinski definition) is 3. The van der Waals surface area contributed by atoms with Gasteiger partial charge in [0.05, 0.1) is 13.2 Å². The first kappa shape index (κ1) is 13.8. The number of benzene rings is 1. The monoisotopic (exact) mass is 259 g/mol. The van der Waals surface area contributed by atoms with Gasteiger partial charge in [0.2, 0.25) is 0 Å². The van der Waals surface area contributed by atoms with Crippen molar-refractivity contribution >= 4 is 0 Å². The van der Waals surface area contributed by atoms with Crippen molar-refractivity contribution in [3.8, 4) is 0 Å². The topological polar surface area (TPSA) is 34.4 Å². The number of ether oxygens (including phenoxy) is 1. The van der Waals surface area contributed by atoms with Crippen LogP contribution in [-0.2, 0) is 30.9 Å². The molecule has 1 aromatic carbocycles. The van der Waals surface area contributed by atoms with Gasteiger partial charge in [-0.15, -0.1) is 0 Å². The average Bonchev–Trinajstić information content (AvgIpc) is 2.89. The van der Waals surface area contributed by atoms with Crippen LogP contribution in [-0.4, -0.2) is 7.11 Å². The Morgan fingerprint density at radius 3 is 2.42 bits per heavy atom. The van der Waals surface area contributed by atoms with E-state index in [0.717, 1.165) is 31.0 Å². The van der Waals surface area contributed by atoms with Crippen LogP contribution in [0, 0.1) is 0 Å². The van der Waals surface area contributed by atoms with Crippen LogP contribution in [0.4, 0.5) is 0 Å². The first-order valence-electron chi connectivity index (χ1n) is 6.67. The fraction of sp³-hybridized carbons (Fsp3) is 0.375. The SMILES string of the molecule is CCc1ccc(CNCc2ccccc2COC)o1. The van der Waals surface area contributed by atoms with Crippen LogP contribution in [0.5, 0.6) is 0 Å². The molecule has 2 rings (SSSR count). The Balaban J connectivity index is 1.88. The molecule has 0 spiro atoms. The van der Waals surface area contributed by atoms with Crippen LogP contribution >= 0.6 is 0 Å². The summed E-state index contributed by atoms with van der Waals surface area (Å²) in [5.41, 5.74) is 2.50. The third kappa shape index (κ3) is 3.94. The Kier molecular flexibility index (Phi) is 5.19. The van der Waals surface area contributed by atoms with Crippen molar-refractivity contribution in [2.45, 2.75) is 33.0 Å². The highest BCUT2D eigenvalue weighted by Gasteiger charge is 2.03. The van der Waals surface area contributed by atoms with Crippen LogP contribution < -0.4 is 5.32 Å². The molecule has 0 radical (unpaired) electrons. The summed E-state index contributed by atoms with van der Waals surface area (Å²) in [6, 6.07) is 12.4. The minimum atomic E-state index is 0.651. The van der Waals surface area contributed by atoms with E-state index in [1.165, 1.54) is 11.1 Å². The van der Waals surface area contributed by atoms with E-state index < -0.39 is 0 Å². The fourth-order valence-corrected chi connectivity index (χ4v) is 2.05. The van der Waals surface area contributed by atoms with Crippen molar-refractivity contribution in [1.82, 2.24) is 5.32 Å². The van der Waals surface area contributed by atoms with Crippen molar-refractivity contribution in [1.29, 1.82) is 0 Å². The van der Waals surface area contributed by atoms with Crippen LogP contribution in [0.1, 0.15) is 29.6 Å². The molecule has 1 heterocycles. The van der Waals surface area contributed by atoms with Gasteiger partial charge < -0.3 is 14.5 Å². The molecular formula is C16H21NO2. The zero-order chi connectivity index (χ0) is 13.5. The average molecular weight is 259 g/mol. The highest BCUT2D eigenvalue weighted by molar-refractivity contribution is 5.26. The van der Waals surface area contributed by atoms with E-state index >= 15 is 0 Å². The Morgan fingerprint density at radius 2 is 1.74 bits per heavy atom. The molecule has 0 aliphatic carbocycles. The van der Waals surface area contributed by atoms with E-state index in [9.17, 15) is 0 Å². The lowest BCUT2D eigenvalue weighted by Crippen LogP contribution is -2.13. The summed E-state index contributed by atoms with van der Waals surface area (Å²) in [6.07, 6.45) is 0.941. The third-order valence-corrected chi connectivity index (χ3v) is 3.10. The van der Waals surface area contributed by atoms with Crippen molar-refractivity contribution in [2.75, 3.05) is 7.11 Å². The van der Waals surface area contributed by atoms with Gasteiger partial charge in [0, 0.05) is 20.1 Å². The molecule has 3 heteroatoms. The molecule has 102 valence electrons. The summed E-state index contributed by atoms with van der Waals surface area (Å²) in [5.74, 6) is 2.03. The molecule has 2 aromatic rings. The molecule has 0 amide bonds. The van der Waals surface area contributed by atoms with Crippen molar-refractivity contribution < 1.29 is 9.15 Å². The lowest BCUT2D eigenvalue weighted by molar-refractivity contribution is 0.184. The zero-order valence-corrected chi connectivity index (χ0v) is 11.6. The highest BCUT2D eigenvalue weighted by Crippen LogP contribution is 2.11. The van der Waals surface area contributed by atoms with Crippen molar-refractivity contribution in [2.24, 2.45) is 0 Å². The second-order valence-corrected chi connectivity index (χ2v) is 4.53. The van der Waals surface area contributed by atoms with Gasteiger partial charge in [-0.1, -0.05) is 31.2 Å². The Morgan fingerprint density at radius 1 is 1.00 bits per heavy atom. The number of hydrogen-bond donors (Lipinski definition) is 1. The molecule has 0 fully saturated rings. The minimum absolute atomic E-state index is 0.651. The first-order chi connectivity index (χ1) is 9.33. The standard InChI is InChI=1S/C16H21NO2/c1-3-15-8-9-16(19-15)11-17-10-13-6-4-5-7-14(13)12-18-2/h4-9,17H,3,10-12H2,1-2H3. The summed E-state index contributed by atoms with van der Waals surface area (Å²) in [4.78, 5) is 0. The molecule has 19 heavy (non-hydrogen) atoms. The molecule has 0 unspecified atom stereocenters. The van der Waals surface area contributed by atoms with Crippen molar-refractivity contribution in [3.05, 3.63) is 59.0 Å². The van der Waals surface area contributed by atoms with Gasteiger partial charge >= 0.3 is 0 Å². The summed E-state index contributed by atoms with van der Waals surface area (Å²) in [6.45, 7) is 4.32. The van der Waals surface area contributed by atoms with Gasteiger partial charge in [-0.25, -0.2) is 0 Å². The molecule has 0 aliphatic rings. The summed E-state index contributed by atoms with van der Waals surface area (Å²) in [5, 5.41) is 3.40. The number of furan rings is 1. The Bertz CT molecular complexity index is 505. The van der Waals surface area contributed by atoms with E-state index in [2.05, 4.69) is 30.4 Å². The second kappa shape index (κ2) is 7.12. The van der Waals surface area contributed by atoms with Gasteiger partial charge in [-0.3, -0.25) is 0 Å². The lowest BCUT2D eigenvalue weighted by Gasteiger charge is -2.09. The predicted octanol–water partition coefficient (Wildman–Crippen LogP) is 3.28. The minimum Gasteiger partial charge on any atom is -0.465 e. The smallest absolute Gasteiger partial charge is 0.117 e. The normalized spacial score (nSPS) is 10.8. The zero-order valence-electron chi connectivity index (χ0n) is 11.6. The fourth-order valence-electron chi connectivity index (χ4n) is 2.05.